The lowest BCUT2D eigenvalue weighted by molar-refractivity contribution is 0.615. The number of nitrogens with zero attached hydrogens (tertiary/aromatic N) is 1. The van der Waals surface area contributed by atoms with Gasteiger partial charge in [0.2, 0.25) is 0 Å². The maximum absolute atomic E-state index is 13.9. The van der Waals surface area contributed by atoms with Crippen LogP contribution < -0.4 is 10.6 Å². The monoisotopic (exact) mass is 256 g/mol. The van der Waals surface area contributed by atoms with Gasteiger partial charge in [-0.15, -0.1) is 0 Å². The average molecular weight is 256 g/mol. The first-order chi connectivity index (χ1) is 8.20. The molecule has 1 fully saturated rings. The topological polar surface area (TPSA) is 46.3 Å². The summed E-state index contributed by atoms with van der Waals surface area (Å²) in [5, 5.41) is 0. The van der Waals surface area contributed by atoms with Crippen molar-refractivity contribution in [2.24, 2.45) is 5.73 Å². The van der Waals surface area contributed by atoms with Crippen LogP contribution in [-0.2, 0) is 17.2 Å². The highest BCUT2D eigenvalue weighted by Gasteiger charge is 2.18. The van der Waals surface area contributed by atoms with Gasteiger partial charge in [-0.1, -0.05) is 6.07 Å². The third-order valence-corrected chi connectivity index (χ3v) is 4.24. The van der Waals surface area contributed by atoms with E-state index in [9.17, 15) is 8.60 Å². The fourth-order valence-electron chi connectivity index (χ4n) is 2.01. The Kier molecular flexibility index (Phi) is 4.12. The Morgan fingerprint density at radius 1 is 1.35 bits per heavy atom. The van der Waals surface area contributed by atoms with Gasteiger partial charge in [0.05, 0.1) is 5.69 Å². The van der Waals surface area contributed by atoms with Gasteiger partial charge >= 0.3 is 0 Å². The SMILES string of the molecule is NCCc1ccc(N2CCS(=O)CC2)c(F)c1. The van der Waals surface area contributed by atoms with Gasteiger partial charge in [0.1, 0.15) is 5.82 Å². The highest BCUT2D eigenvalue weighted by molar-refractivity contribution is 7.85. The Morgan fingerprint density at radius 2 is 2.06 bits per heavy atom. The number of hydrogen-bond donors (Lipinski definition) is 1. The van der Waals surface area contributed by atoms with Crippen LogP contribution in [0.15, 0.2) is 18.2 Å². The van der Waals surface area contributed by atoms with Gasteiger partial charge in [-0.05, 0) is 30.7 Å². The van der Waals surface area contributed by atoms with Crippen LogP contribution in [0.3, 0.4) is 0 Å². The van der Waals surface area contributed by atoms with Crippen molar-refractivity contribution in [3.63, 3.8) is 0 Å². The largest absolute Gasteiger partial charge is 0.367 e. The lowest BCUT2D eigenvalue weighted by Gasteiger charge is -2.28. The van der Waals surface area contributed by atoms with Gasteiger partial charge in [-0.25, -0.2) is 4.39 Å². The molecule has 1 aromatic carbocycles. The zero-order valence-corrected chi connectivity index (χ0v) is 10.5. The molecule has 1 aromatic rings. The predicted molar refractivity (Wildman–Crippen MR) is 69.2 cm³/mol. The van der Waals surface area contributed by atoms with E-state index in [2.05, 4.69) is 0 Å². The molecule has 2 rings (SSSR count). The summed E-state index contributed by atoms with van der Waals surface area (Å²) in [5.74, 6) is 1.05. The van der Waals surface area contributed by atoms with Crippen LogP contribution in [0.4, 0.5) is 10.1 Å². The second-order valence-electron chi connectivity index (χ2n) is 4.16. The van der Waals surface area contributed by atoms with Gasteiger partial charge in [-0.3, -0.25) is 4.21 Å². The minimum atomic E-state index is -0.729. The van der Waals surface area contributed by atoms with E-state index < -0.39 is 10.8 Å². The Hall–Kier alpha value is -0.940. The number of hydrogen-bond acceptors (Lipinski definition) is 3. The number of halogens is 1. The quantitative estimate of drug-likeness (QED) is 0.874. The molecule has 0 spiro atoms. The molecule has 1 heterocycles. The Balaban J connectivity index is 2.13. The molecule has 0 bridgehead atoms. The van der Waals surface area contributed by atoms with E-state index in [1.165, 1.54) is 0 Å². The van der Waals surface area contributed by atoms with Gasteiger partial charge in [0, 0.05) is 35.4 Å². The van der Waals surface area contributed by atoms with E-state index in [-0.39, 0.29) is 5.82 Å². The lowest BCUT2D eigenvalue weighted by Crippen LogP contribution is -2.38. The van der Waals surface area contributed by atoms with Crippen molar-refractivity contribution in [2.75, 3.05) is 36.0 Å². The minimum absolute atomic E-state index is 0.205. The molecule has 1 aliphatic heterocycles. The van der Waals surface area contributed by atoms with Crippen LogP contribution in [0.5, 0.6) is 0 Å². The smallest absolute Gasteiger partial charge is 0.146 e. The second kappa shape index (κ2) is 5.60. The normalized spacial score (nSPS) is 17.4. The summed E-state index contributed by atoms with van der Waals surface area (Å²) >= 11 is 0. The number of rotatable bonds is 3. The van der Waals surface area contributed by atoms with E-state index in [1.54, 1.807) is 12.1 Å². The van der Waals surface area contributed by atoms with E-state index in [1.807, 2.05) is 11.0 Å². The van der Waals surface area contributed by atoms with E-state index in [0.717, 1.165) is 5.56 Å². The zero-order valence-electron chi connectivity index (χ0n) is 9.69. The van der Waals surface area contributed by atoms with Gasteiger partial charge in [0.15, 0.2) is 0 Å². The molecule has 0 unspecified atom stereocenters. The van der Waals surface area contributed by atoms with Crippen LogP contribution in [0.1, 0.15) is 5.56 Å². The first-order valence-corrected chi connectivity index (χ1v) is 7.28. The van der Waals surface area contributed by atoms with Gasteiger partial charge in [-0.2, -0.15) is 0 Å². The second-order valence-corrected chi connectivity index (χ2v) is 5.86. The predicted octanol–water partition coefficient (Wildman–Crippen LogP) is 0.896. The molecule has 0 saturated carbocycles. The molecular formula is C12H17FN2OS. The number of anilines is 1. The Labute approximate surface area is 103 Å². The third kappa shape index (κ3) is 3.04. The number of nitrogens with two attached hydrogens (primary N) is 1. The highest BCUT2D eigenvalue weighted by atomic mass is 32.2. The van der Waals surface area contributed by atoms with Crippen molar-refractivity contribution in [2.45, 2.75) is 6.42 Å². The van der Waals surface area contributed by atoms with E-state index >= 15 is 0 Å². The third-order valence-electron chi connectivity index (χ3n) is 2.96. The fraction of sp³-hybridized carbons (Fsp3) is 0.500. The molecule has 5 heteroatoms. The average Bonchev–Trinajstić information content (AvgIpc) is 2.31. The first kappa shape index (κ1) is 12.5. The number of benzene rings is 1. The molecule has 94 valence electrons. The highest BCUT2D eigenvalue weighted by Crippen LogP contribution is 2.22. The Bertz CT molecular complexity index is 415. The molecule has 17 heavy (non-hydrogen) atoms. The maximum atomic E-state index is 13.9. The van der Waals surface area contributed by atoms with Crippen molar-refractivity contribution >= 4 is 16.5 Å². The molecule has 0 amide bonds. The van der Waals surface area contributed by atoms with Gasteiger partial charge in [0.25, 0.3) is 0 Å². The molecule has 2 N–H and O–H groups in total. The first-order valence-electron chi connectivity index (χ1n) is 5.79. The molecule has 3 nitrogen and oxygen atoms in total. The van der Waals surface area contributed by atoms with E-state index in [4.69, 9.17) is 5.73 Å². The van der Waals surface area contributed by atoms with E-state index in [0.29, 0.717) is 43.2 Å². The van der Waals surface area contributed by atoms with Crippen LogP contribution in [0, 0.1) is 5.82 Å². The summed E-state index contributed by atoms with van der Waals surface area (Å²) < 4.78 is 25.1. The summed E-state index contributed by atoms with van der Waals surface area (Å²) in [5.41, 5.74) is 6.98. The molecular weight excluding hydrogens is 239 g/mol. The molecule has 0 atom stereocenters. The summed E-state index contributed by atoms with van der Waals surface area (Å²) in [6.45, 7) is 1.86. The maximum Gasteiger partial charge on any atom is 0.146 e. The fourth-order valence-corrected chi connectivity index (χ4v) is 3.06. The molecule has 0 radical (unpaired) electrons. The van der Waals surface area contributed by atoms with Crippen molar-refractivity contribution in [1.29, 1.82) is 0 Å². The Morgan fingerprint density at radius 3 is 2.65 bits per heavy atom. The van der Waals surface area contributed by atoms with Crippen molar-refractivity contribution in [3.05, 3.63) is 29.6 Å². The molecule has 1 aliphatic rings. The van der Waals surface area contributed by atoms with Crippen LogP contribution in [0.2, 0.25) is 0 Å². The standard InChI is InChI=1S/C12H17FN2OS/c13-11-9-10(3-4-14)1-2-12(11)15-5-7-17(16)8-6-15/h1-2,9H,3-8,14H2. The van der Waals surface area contributed by atoms with Crippen molar-refractivity contribution < 1.29 is 8.60 Å². The van der Waals surface area contributed by atoms with Crippen molar-refractivity contribution in [3.8, 4) is 0 Å². The zero-order chi connectivity index (χ0) is 12.3. The molecule has 0 aromatic heterocycles. The minimum Gasteiger partial charge on any atom is -0.367 e. The van der Waals surface area contributed by atoms with Crippen molar-refractivity contribution in [1.82, 2.24) is 0 Å². The van der Waals surface area contributed by atoms with Crippen LogP contribution in [0.25, 0.3) is 0 Å². The lowest BCUT2D eigenvalue weighted by atomic mass is 10.1. The summed E-state index contributed by atoms with van der Waals surface area (Å²) in [7, 11) is -0.729. The van der Waals surface area contributed by atoms with Gasteiger partial charge < -0.3 is 10.6 Å². The summed E-state index contributed by atoms with van der Waals surface area (Å²) in [6.07, 6.45) is 0.696. The molecule has 0 aliphatic carbocycles. The summed E-state index contributed by atoms with van der Waals surface area (Å²) in [6, 6.07) is 5.26. The van der Waals surface area contributed by atoms with Crippen LogP contribution in [-0.4, -0.2) is 35.3 Å². The van der Waals surface area contributed by atoms with Crippen LogP contribution >= 0.6 is 0 Å². The summed E-state index contributed by atoms with van der Waals surface area (Å²) in [4.78, 5) is 1.96. The molecule has 1 saturated heterocycles.